The molecular weight excluding hydrogens is 640 g/mol. The Morgan fingerprint density at radius 1 is 1.15 bits per heavy atom. The average Bonchev–Trinajstić information content (AvgIpc) is 3.92. The highest BCUT2D eigenvalue weighted by Gasteiger charge is 2.63. The number of nitrogens with one attached hydrogen (secondary N) is 1. The molecule has 0 bridgehead atoms. The molecule has 3 N–H and O–H groups in total. The molecule has 2 saturated carbocycles. The Morgan fingerprint density at radius 2 is 1.94 bits per heavy atom. The summed E-state index contributed by atoms with van der Waals surface area (Å²) < 4.78 is 34.3. The van der Waals surface area contributed by atoms with Crippen LogP contribution >= 0.6 is 11.6 Å². The fraction of sp³-hybridized carbons (Fsp3) is 0.600. The number of carbonyl (C=O) groups excluding carboxylic acids is 3. The van der Waals surface area contributed by atoms with E-state index in [-0.39, 0.29) is 37.0 Å². The Bertz CT molecular complexity index is 1810. The number of Topliss-reactive ketones (excluding diaryl/α,β-unsaturated/α-hetero) is 1. The monoisotopic (exact) mass is 682 g/mol. The van der Waals surface area contributed by atoms with E-state index in [1.54, 1.807) is 11.8 Å². The fourth-order valence-corrected chi connectivity index (χ4v) is 9.40. The maximum absolute atomic E-state index is 14.4. The number of halogens is 1. The van der Waals surface area contributed by atoms with Crippen molar-refractivity contribution in [3.63, 3.8) is 0 Å². The molecule has 0 radical (unpaired) electrons. The lowest BCUT2D eigenvalue weighted by molar-refractivity contribution is -0.140. The van der Waals surface area contributed by atoms with Crippen LogP contribution in [0.25, 0.3) is 10.9 Å². The average molecular weight is 683 g/mol. The lowest BCUT2D eigenvalue weighted by Gasteiger charge is -2.36. The van der Waals surface area contributed by atoms with Crippen molar-refractivity contribution in [3.05, 3.63) is 46.6 Å². The lowest BCUT2D eigenvalue weighted by atomic mass is 9.85. The summed E-state index contributed by atoms with van der Waals surface area (Å²) in [5.74, 6) is -0.798. The molecular formula is C35H43ClN4O6S. The van der Waals surface area contributed by atoms with Gasteiger partial charge in [-0.25, -0.2) is 13.4 Å². The number of aromatic nitrogens is 1. The molecule has 4 heterocycles. The summed E-state index contributed by atoms with van der Waals surface area (Å²) in [6.45, 7) is 3.72. The van der Waals surface area contributed by atoms with E-state index in [0.717, 1.165) is 47.8 Å². The predicted octanol–water partition coefficient (Wildman–Crippen LogP) is 4.67. The maximum atomic E-state index is 14.4. The summed E-state index contributed by atoms with van der Waals surface area (Å²) in [5.41, 5.74) is 7.01. The van der Waals surface area contributed by atoms with Crippen LogP contribution in [0.4, 0.5) is 0 Å². The molecule has 0 unspecified atom stereocenters. The molecule has 10 nitrogen and oxygen atoms in total. The standard InChI is InChI=1S/C35H43ClN4O6S/c1-21-30-24(25-16-23(36)10-11-27(25)38-21)12-13-34(46-30)18-28-29(41)19-35(32(43)39-47(44,45)33(2)14-15-33)17-22(35)8-6-4-3-5-7-9-26(37)31(42)40(28)20-34/h6,8,10-11,16,22,26,28H,3-5,7,9,12-15,17-20,37H2,1-2H3,(H,39,43)/b8-6-/t22-,26+,28+,34-,35-/m1/s1. The van der Waals surface area contributed by atoms with Gasteiger partial charge in [-0.05, 0) is 89.3 Å². The van der Waals surface area contributed by atoms with Crippen LogP contribution in [-0.2, 0) is 30.8 Å². The van der Waals surface area contributed by atoms with Crippen molar-refractivity contribution in [3.8, 4) is 5.75 Å². The number of ether oxygens (including phenoxy) is 1. The maximum Gasteiger partial charge on any atom is 0.240 e. The van der Waals surface area contributed by atoms with Crippen molar-refractivity contribution < 1.29 is 27.5 Å². The Labute approximate surface area is 280 Å². The Balaban J connectivity index is 1.21. The molecule has 3 aliphatic heterocycles. The largest absolute Gasteiger partial charge is 0.483 e. The molecule has 1 spiro atoms. The van der Waals surface area contributed by atoms with Gasteiger partial charge in [0.25, 0.3) is 0 Å². The number of aryl methyl sites for hydroxylation is 2. The van der Waals surface area contributed by atoms with Crippen LogP contribution in [0.1, 0.15) is 88.8 Å². The van der Waals surface area contributed by atoms with Crippen LogP contribution in [0, 0.1) is 18.3 Å². The highest BCUT2D eigenvalue weighted by atomic mass is 35.5. The first kappa shape index (κ1) is 32.5. The minimum Gasteiger partial charge on any atom is -0.483 e. The van der Waals surface area contributed by atoms with Gasteiger partial charge in [-0.1, -0.05) is 36.6 Å². The van der Waals surface area contributed by atoms with Crippen LogP contribution in [-0.4, -0.2) is 64.9 Å². The number of pyridine rings is 1. The second kappa shape index (κ2) is 11.6. The summed E-state index contributed by atoms with van der Waals surface area (Å²) in [7, 11) is -3.89. The first-order chi connectivity index (χ1) is 22.3. The van der Waals surface area contributed by atoms with Gasteiger partial charge >= 0.3 is 0 Å². The van der Waals surface area contributed by atoms with E-state index in [2.05, 4.69) is 4.72 Å². The number of carbonyl (C=O) groups is 3. The van der Waals surface area contributed by atoms with E-state index in [1.165, 1.54) is 0 Å². The number of hydrogen-bond acceptors (Lipinski definition) is 8. The third-order valence-corrected chi connectivity index (χ3v) is 13.8. The van der Waals surface area contributed by atoms with Crippen LogP contribution in [0.5, 0.6) is 5.75 Å². The second-order valence-corrected chi connectivity index (χ2v) is 17.4. The zero-order valence-electron chi connectivity index (χ0n) is 27.0. The van der Waals surface area contributed by atoms with Gasteiger partial charge < -0.3 is 15.4 Å². The van der Waals surface area contributed by atoms with Crippen molar-refractivity contribution >= 4 is 50.1 Å². The topological polar surface area (TPSA) is 149 Å². The van der Waals surface area contributed by atoms with Gasteiger partial charge in [0.05, 0.1) is 40.0 Å². The number of nitrogens with zero attached hydrogens (tertiary/aromatic N) is 2. The number of rotatable bonds is 3. The van der Waals surface area contributed by atoms with Crippen molar-refractivity contribution in [2.75, 3.05) is 6.54 Å². The molecule has 1 saturated heterocycles. The van der Waals surface area contributed by atoms with Crippen molar-refractivity contribution in [1.29, 1.82) is 0 Å². The van der Waals surface area contributed by atoms with Crippen molar-refractivity contribution in [2.45, 2.75) is 113 Å². The normalized spacial score (nSPS) is 32.8. The minimum atomic E-state index is -3.89. The van der Waals surface area contributed by atoms with Crippen molar-refractivity contribution in [1.82, 2.24) is 14.6 Å². The molecule has 1 aromatic heterocycles. The third-order valence-electron chi connectivity index (χ3n) is 11.4. The van der Waals surface area contributed by atoms with Crippen LogP contribution in [0.15, 0.2) is 30.4 Å². The van der Waals surface area contributed by atoms with E-state index < -0.39 is 43.8 Å². The molecule has 3 fully saturated rings. The molecule has 47 heavy (non-hydrogen) atoms. The first-order valence-corrected chi connectivity index (χ1v) is 18.7. The van der Waals surface area contributed by atoms with Gasteiger partial charge in [-0.15, -0.1) is 0 Å². The molecule has 1 aromatic carbocycles. The number of hydrogen-bond donors (Lipinski definition) is 2. The van der Waals surface area contributed by atoms with E-state index in [9.17, 15) is 22.8 Å². The summed E-state index contributed by atoms with van der Waals surface area (Å²) in [5, 5.41) is 1.53. The Kier molecular flexibility index (Phi) is 7.99. The number of benzene rings is 1. The Morgan fingerprint density at radius 3 is 2.70 bits per heavy atom. The fourth-order valence-electron chi connectivity index (χ4n) is 7.90. The summed E-state index contributed by atoms with van der Waals surface area (Å²) in [4.78, 5) is 48.5. The van der Waals surface area contributed by atoms with E-state index >= 15 is 0 Å². The molecule has 2 amide bonds. The molecule has 5 atom stereocenters. The second-order valence-electron chi connectivity index (χ2n) is 14.8. The van der Waals surface area contributed by atoms with E-state index in [1.807, 2.05) is 37.3 Å². The van der Waals surface area contributed by atoms with Gasteiger partial charge in [0.2, 0.25) is 21.8 Å². The molecule has 2 aliphatic carbocycles. The molecule has 7 rings (SSSR count). The minimum absolute atomic E-state index is 0.167. The smallest absolute Gasteiger partial charge is 0.240 e. The van der Waals surface area contributed by atoms with E-state index in [4.69, 9.17) is 27.1 Å². The SMILES string of the molecule is Cc1nc2ccc(Cl)cc2c2c1O[C@]1(CC2)C[C@H]2C(=O)C[C@]3(C(=O)NS(=O)(=O)C4(C)CC4)C[C@H]3/C=C\CCCCC[C@H](N)C(=O)N2C1. The Hall–Kier alpha value is -3.02. The van der Waals surface area contributed by atoms with Gasteiger partial charge in [0.15, 0.2) is 5.78 Å². The van der Waals surface area contributed by atoms with Crippen LogP contribution in [0.3, 0.4) is 0 Å². The zero-order chi connectivity index (χ0) is 33.4. The molecule has 252 valence electrons. The summed E-state index contributed by atoms with van der Waals surface area (Å²) in [6.07, 6.45) is 10.6. The zero-order valence-corrected chi connectivity index (χ0v) is 28.6. The molecule has 5 aliphatic rings. The number of nitrogens with two attached hydrogens (primary N) is 1. The third kappa shape index (κ3) is 5.76. The van der Waals surface area contributed by atoms with Gasteiger partial charge in [-0.2, -0.15) is 0 Å². The van der Waals surface area contributed by atoms with Crippen LogP contribution < -0.4 is 15.2 Å². The lowest BCUT2D eigenvalue weighted by Crippen LogP contribution is -2.50. The number of fused-ring (bicyclic) bond motifs is 5. The molecule has 2 aromatic rings. The summed E-state index contributed by atoms with van der Waals surface area (Å²) >= 11 is 6.34. The van der Waals surface area contributed by atoms with Crippen molar-refractivity contribution in [2.24, 2.45) is 17.1 Å². The number of sulfonamides is 1. The number of ketones is 1. The first-order valence-electron chi connectivity index (χ1n) is 16.9. The van der Waals surface area contributed by atoms with Gasteiger partial charge in [0.1, 0.15) is 11.4 Å². The highest BCUT2D eigenvalue weighted by molar-refractivity contribution is 7.91. The summed E-state index contributed by atoms with van der Waals surface area (Å²) in [6, 6.07) is 3.98. The van der Waals surface area contributed by atoms with Crippen LogP contribution in [0.2, 0.25) is 5.02 Å². The number of amides is 2. The highest BCUT2D eigenvalue weighted by Crippen LogP contribution is 2.58. The quantitative estimate of drug-likeness (QED) is 0.444. The van der Waals surface area contributed by atoms with Gasteiger partial charge in [-0.3, -0.25) is 19.1 Å². The predicted molar refractivity (Wildman–Crippen MR) is 178 cm³/mol. The van der Waals surface area contributed by atoms with Gasteiger partial charge in [0, 0.05) is 28.8 Å². The van der Waals surface area contributed by atoms with E-state index in [0.29, 0.717) is 49.3 Å². The number of allylic oxidation sites excluding steroid dienone is 2. The molecule has 12 heteroatoms.